The van der Waals surface area contributed by atoms with E-state index >= 15 is 0 Å². The number of allylic oxidation sites excluding steroid dienone is 6. The summed E-state index contributed by atoms with van der Waals surface area (Å²) in [5, 5.41) is 10.5. The average Bonchev–Trinajstić information content (AvgIpc) is 3.21. The summed E-state index contributed by atoms with van der Waals surface area (Å²) >= 11 is 2.01. The lowest BCUT2D eigenvalue weighted by Gasteiger charge is -2.42. The molecule has 4 atom stereocenters. The Hall–Kier alpha value is -3.53. The van der Waals surface area contributed by atoms with Crippen molar-refractivity contribution in [2.45, 2.75) is 39.0 Å². The van der Waals surface area contributed by atoms with Crippen LogP contribution in [-0.2, 0) is 25.6 Å². The van der Waals surface area contributed by atoms with Crippen molar-refractivity contribution in [1.29, 1.82) is 0 Å². The smallest absolute Gasteiger partial charge is 0.238 e. The van der Waals surface area contributed by atoms with E-state index < -0.39 is 23.7 Å². The number of amides is 2. The molecule has 0 saturated carbocycles. The number of halogens is 1. The fraction of sp³-hybridized carbons (Fsp3) is 0.312. The van der Waals surface area contributed by atoms with Gasteiger partial charge in [-0.25, -0.2) is 0 Å². The van der Waals surface area contributed by atoms with Gasteiger partial charge in [0.1, 0.15) is 0 Å². The molecule has 4 unspecified atom stereocenters. The molecular formula is C32H28INO6. The summed E-state index contributed by atoms with van der Waals surface area (Å²) in [6.07, 6.45) is 4.81. The zero-order chi connectivity index (χ0) is 28.5. The third-order valence-electron chi connectivity index (χ3n) is 8.77. The van der Waals surface area contributed by atoms with Crippen molar-refractivity contribution in [2.75, 3.05) is 12.0 Å². The molecule has 1 N–H and O–H groups in total. The van der Waals surface area contributed by atoms with Crippen LogP contribution in [0.2, 0.25) is 0 Å². The van der Waals surface area contributed by atoms with Gasteiger partial charge in [0, 0.05) is 22.6 Å². The van der Waals surface area contributed by atoms with E-state index in [2.05, 4.69) is 0 Å². The summed E-state index contributed by atoms with van der Waals surface area (Å²) in [6.45, 7) is 3.69. The molecule has 8 heteroatoms. The van der Waals surface area contributed by atoms with Crippen molar-refractivity contribution in [3.63, 3.8) is 0 Å². The number of aromatic hydroxyl groups is 1. The van der Waals surface area contributed by atoms with Crippen LogP contribution in [0.5, 0.6) is 11.5 Å². The summed E-state index contributed by atoms with van der Waals surface area (Å²) in [6, 6.07) is 11.0. The number of anilines is 1. The number of hydrogen-bond donors (Lipinski definition) is 1. The zero-order valence-corrected chi connectivity index (χ0v) is 24.5. The summed E-state index contributed by atoms with van der Waals surface area (Å²) in [4.78, 5) is 55.8. The van der Waals surface area contributed by atoms with Crippen LogP contribution >= 0.6 is 22.6 Å². The van der Waals surface area contributed by atoms with Crippen molar-refractivity contribution in [3.05, 3.63) is 85.5 Å². The average molecular weight is 649 g/mol. The van der Waals surface area contributed by atoms with E-state index in [1.165, 1.54) is 18.1 Å². The lowest BCUT2D eigenvalue weighted by atomic mass is 9.59. The van der Waals surface area contributed by atoms with Crippen molar-refractivity contribution < 1.29 is 29.0 Å². The highest BCUT2D eigenvalue weighted by atomic mass is 127. The molecule has 0 radical (unpaired) electrons. The Morgan fingerprint density at radius 1 is 1.05 bits per heavy atom. The normalized spacial score (nSPS) is 25.9. The number of hydrogen-bond acceptors (Lipinski definition) is 6. The lowest BCUT2D eigenvalue weighted by molar-refractivity contribution is -0.123. The van der Waals surface area contributed by atoms with E-state index in [1.807, 2.05) is 59.9 Å². The first-order valence-corrected chi connectivity index (χ1v) is 14.5. The molecule has 0 aromatic heterocycles. The second kappa shape index (κ2) is 9.83. The number of ketones is 2. The third kappa shape index (κ3) is 3.90. The molecule has 0 bridgehead atoms. The molecule has 2 aromatic carbocycles. The maximum Gasteiger partial charge on any atom is 0.238 e. The predicted molar refractivity (Wildman–Crippen MR) is 157 cm³/mol. The van der Waals surface area contributed by atoms with Crippen LogP contribution in [0.3, 0.4) is 0 Å². The molecule has 6 rings (SSSR count). The molecule has 1 fully saturated rings. The standard InChI is InChI=1S/C32H28INO6/c1-4-16-5-7-18(8-6-16)34-31(38)20-10-9-19-21(27(20)32(34)39)14-22-24(35)11-15(2)29(36)28(22)26(19)17-12-23(33)30(37)25(13-17)40-3/h5-9,11-13,20-21,26-27,37H,4,10,14H2,1-3H3. The van der Waals surface area contributed by atoms with Gasteiger partial charge in [-0.3, -0.25) is 24.1 Å². The zero-order valence-electron chi connectivity index (χ0n) is 22.4. The minimum absolute atomic E-state index is 0.00507. The molecule has 4 aliphatic rings. The lowest BCUT2D eigenvalue weighted by Crippen LogP contribution is -2.39. The number of aryl methyl sites for hydroxylation is 1. The van der Waals surface area contributed by atoms with Gasteiger partial charge in [0.25, 0.3) is 0 Å². The number of ether oxygens (including phenoxy) is 1. The number of Topliss-reactive ketones (excluding diaryl/α,β-unsaturated/α-hetero) is 1. The minimum Gasteiger partial charge on any atom is -0.504 e. The van der Waals surface area contributed by atoms with Crippen molar-refractivity contribution in [2.24, 2.45) is 17.8 Å². The second-order valence-electron chi connectivity index (χ2n) is 10.8. The van der Waals surface area contributed by atoms with Crippen LogP contribution in [0.1, 0.15) is 43.7 Å². The summed E-state index contributed by atoms with van der Waals surface area (Å²) < 4.78 is 5.96. The molecule has 1 aliphatic heterocycles. The molecule has 7 nitrogen and oxygen atoms in total. The third-order valence-corrected chi connectivity index (χ3v) is 9.59. The van der Waals surface area contributed by atoms with E-state index in [-0.39, 0.29) is 41.3 Å². The second-order valence-corrected chi connectivity index (χ2v) is 12.0. The predicted octanol–water partition coefficient (Wildman–Crippen LogP) is 5.20. The highest BCUT2D eigenvalue weighted by Crippen LogP contribution is 2.56. The van der Waals surface area contributed by atoms with Gasteiger partial charge in [-0.2, -0.15) is 0 Å². The molecule has 204 valence electrons. The van der Waals surface area contributed by atoms with Crippen LogP contribution in [0, 0.1) is 21.3 Å². The van der Waals surface area contributed by atoms with Crippen LogP contribution in [0.25, 0.3) is 0 Å². The maximum absolute atomic E-state index is 14.0. The molecule has 0 spiro atoms. The molecule has 1 saturated heterocycles. The molecule has 3 aliphatic carbocycles. The van der Waals surface area contributed by atoms with Crippen LogP contribution in [-0.4, -0.2) is 35.6 Å². The molecule has 2 amide bonds. The van der Waals surface area contributed by atoms with Gasteiger partial charge in [0.05, 0.1) is 28.2 Å². The van der Waals surface area contributed by atoms with Crippen LogP contribution < -0.4 is 9.64 Å². The summed E-state index contributed by atoms with van der Waals surface area (Å²) in [7, 11) is 1.46. The number of rotatable bonds is 4. The van der Waals surface area contributed by atoms with Gasteiger partial charge in [0.15, 0.2) is 23.1 Å². The number of imide groups is 1. The van der Waals surface area contributed by atoms with Crippen LogP contribution in [0.15, 0.2) is 70.8 Å². The summed E-state index contributed by atoms with van der Waals surface area (Å²) in [5.74, 6) is -2.86. The Bertz CT molecular complexity index is 1600. The largest absolute Gasteiger partial charge is 0.504 e. The van der Waals surface area contributed by atoms with Crippen LogP contribution in [0.4, 0.5) is 5.69 Å². The highest BCUT2D eigenvalue weighted by Gasteiger charge is 2.56. The quantitative estimate of drug-likeness (QED) is 0.212. The molecule has 1 heterocycles. The molecule has 40 heavy (non-hydrogen) atoms. The minimum atomic E-state index is -0.636. The number of nitrogens with zero attached hydrogens (tertiary/aromatic N) is 1. The Morgan fingerprint density at radius 3 is 2.45 bits per heavy atom. The Morgan fingerprint density at radius 2 is 1.77 bits per heavy atom. The van der Waals surface area contributed by atoms with E-state index in [0.717, 1.165) is 17.6 Å². The van der Waals surface area contributed by atoms with Crippen molar-refractivity contribution >= 4 is 51.7 Å². The van der Waals surface area contributed by atoms with Crippen molar-refractivity contribution in [3.8, 4) is 11.5 Å². The first-order chi connectivity index (χ1) is 19.2. The van der Waals surface area contributed by atoms with Gasteiger partial charge < -0.3 is 9.84 Å². The van der Waals surface area contributed by atoms with E-state index in [1.54, 1.807) is 19.1 Å². The monoisotopic (exact) mass is 649 g/mol. The first kappa shape index (κ1) is 26.7. The van der Waals surface area contributed by atoms with Gasteiger partial charge in [-0.15, -0.1) is 0 Å². The van der Waals surface area contributed by atoms with Gasteiger partial charge in [-0.1, -0.05) is 30.7 Å². The number of phenols is 1. The number of fused-ring (bicyclic) bond motifs is 3. The number of benzene rings is 2. The fourth-order valence-corrected chi connectivity index (χ4v) is 7.42. The van der Waals surface area contributed by atoms with Gasteiger partial charge in [0.2, 0.25) is 11.8 Å². The number of carbonyl (C=O) groups is 4. The molecule has 2 aromatic rings. The SMILES string of the molecule is CCc1ccc(N2C(=O)C3CC=C4C(c5cc(I)c(O)c(OC)c5)C5=C(CC4C3C2=O)C(=O)C=C(C)C5=O)cc1. The highest BCUT2D eigenvalue weighted by molar-refractivity contribution is 14.1. The van der Waals surface area contributed by atoms with Gasteiger partial charge >= 0.3 is 0 Å². The Balaban J connectivity index is 1.49. The number of carbonyl (C=O) groups excluding carboxylic acids is 4. The van der Waals surface area contributed by atoms with E-state index in [9.17, 15) is 24.3 Å². The topological polar surface area (TPSA) is 101 Å². The molecular weight excluding hydrogens is 621 g/mol. The fourth-order valence-electron chi connectivity index (χ4n) is 6.79. The van der Waals surface area contributed by atoms with Crippen molar-refractivity contribution in [1.82, 2.24) is 0 Å². The maximum atomic E-state index is 14.0. The Labute approximate surface area is 245 Å². The van der Waals surface area contributed by atoms with E-state index in [0.29, 0.717) is 38.0 Å². The van der Waals surface area contributed by atoms with Gasteiger partial charge in [-0.05, 0) is 96.2 Å². The first-order valence-electron chi connectivity index (χ1n) is 13.4. The number of methoxy groups -OCH3 is 1. The number of phenolic OH excluding ortho intramolecular Hbond substituents is 1. The Kier molecular flexibility index (Phi) is 6.56. The summed E-state index contributed by atoms with van der Waals surface area (Å²) in [5.41, 5.74) is 4.41. The van der Waals surface area contributed by atoms with E-state index in [4.69, 9.17) is 4.74 Å².